The number of nitrogens with one attached hydrogen (secondary N) is 8. The Morgan fingerprint density at radius 3 is 2.41 bits per heavy atom. The molecule has 1 saturated heterocycles. The van der Waals surface area contributed by atoms with Crippen molar-refractivity contribution < 1.29 is 33.6 Å². The lowest BCUT2D eigenvalue weighted by Gasteiger charge is -2.31. The van der Waals surface area contributed by atoms with Crippen molar-refractivity contribution in [2.75, 3.05) is 26.2 Å². The molecule has 0 aromatic carbocycles. The highest BCUT2D eigenvalue weighted by atomic mass is 16.2. The normalized spacial score (nSPS) is 26.6. The fraction of sp³-hybridized carbons (Fsp3) is 0.600. The summed E-state index contributed by atoms with van der Waals surface area (Å²) >= 11 is 0. The number of urea groups is 1. The fourth-order valence-electron chi connectivity index (χ4n) is 4.28. The molecule has 8 amide bonds. The molecule has 0 radical (unpaired) electrons. The Kier molecular flexibility index (Phi) is 14.6. The van der Waals surface area contributed by atoms with E-state index in [9.17, 15) is 33.6 Å². The Morgan fingerprint density at radius 2 is 1.76 bits per heavy atom. The molecule has 0 aromatic heterocycles. The predicted molar refractivity (Wildman–Crippen MR) is 163 cm³/mol. The van der Waals surface area contributed by atoms with E-state index in [2.05, 4.69) is 47.5 Å². The molecule has 21 nitrogen and oxygen atoms in total. The first-order valence-electron chi connectivity index (χ1n) is 14.5. The van der Waals surface area contributed by atoms with Crippen LogP contribution in [-0.2, 0) is 28.8 Å². The second-order valence-electron chi connectivity index (χ2n) is 10.7. The lowest BCUT2D eigenvalue weighted by atomic mass is 10.0. The van der Waals surface area contributed by atoms with Crippen LogP contribution in [0.4, 0.5) is 4.79 Å². The predicted octanol–water partition coefficient (Wildman–Crippen LogP) is -7.21. The first-order chi connectivity index (χ1) is 21.7. The van der Waals surface area contributed by atoms with Gasteiger partial charge in [0.05, 0.1) is 6.04 Å². The Labute approximate surface area is 264 Å². The van der Waals surface area contributed by atoms with Gasteiger partial charge in [0, 0.05) is 38.3 Å². The first-order valence-corrected chi connectivity index (χ1v) is 14.5. The minimum absolute atomic E-state index is 0.0101. The van der Waals surface area contributed by atoms with Crippen LogP contribution in [0.1, 0.15) is 32.6 Å². The van der Waals surface area contributed by atoms with Gasteiger partial charge in [-0.15, -0.1) is 0 Å². The Hall–Kier alpha value is -5.02. The number of primary amides is 1. The van der Waals surface area contributed by atoms with E-state index < -0.39 is 90.0 Å². The molecule has 0 aromatic rings. The summed E-state index contributed by atoms with van der Waals surface area (Å²) in [6, 6.07) is -7.79. The Morgan fingerprint density at radius 1 is 1.04 bits per heavy atom. The number of hydrogen-bond donors (Lipinski definition) is 13. The summed E-state index contributed by atoms with van der Waals surface area (Å²) in [6.45, 7) is 1.08. The third kappa shape index (κ3) is 12.2. The van der Waals surface area contributed by atoms with Crippen molar-refractivity contribution in [1.82, 2.24) is 42.5 Å². The third-order valence-electron chi connectivity index (χ3n) is 6.84. The molecule has 46 heavy (non-hydrogen) atoms. The third-order valence-corrected chi connectivity index (χ3v) is 6.84. The zero-order valence-electron chi connectivity index (χ0n) is 25.4. The van der Waals surface area contributed by atoms with Crippen molar-refractivity contribution in [3.8, 4) is 0 Å². The van der Waals surface area contributed by atoms with Crippen molar-refractivity contribution in [3.63, 3.8) is 0 Å². The molecule has 18 N–H and O–H groups in total. The van der Waals surface area contributed by atoms with Gasteiger partial charge in [-0.05, 0) is 32.7 Å². The van der Waals surface area contributed by atoms with E-state index in [4.69, 9.17) is 28.7 Å². The molecular weight excluding hydrogens is 608 g/mol. The van der Waals surface area contributed by atoms with Gasteiger partial charge in [0.1, 0.15) is 29.9 Å². The summed E-state index contributed by atoms with van der Waals surface area (Å²) in [5.41, 5.74) is 27.7. The molecule has 0 spiro atoms. The van der Waals surface area contributed by atoms with Crippen molar-refractivity contribution in [2.45, 2.75) is 68.9 Å². The number of carbonyl (C=O) groups is 7. The molecule has 2 aliphatic rings. The molecule has 0 aliphatic carbocycles. The van der Waals surface area contributed by atoms with Crippen molar-refractivity contribution in [2.24, 2.45) is 33.7 Å². The van der Waals surface area contributed by atoms with Crippen LogP contribution >= 0.6 is 0 Å². The highest BCUT2D eigenvalue weighted by Gasteiger charge is 2.34. The number of amides is 8. The van der Waals surface area contributed by atoms with Crippen molar-refractivity contribution in [3.05, 3.63) is 11.9 Å². The topological polar surface area (TPSA) is 358 Å². The van der Waals surface area contributed by atoms with Crippen molar-refractivity contribution >= 4 is 47.4 Å². The second-order valence-corrected chi connectivity index (χ2v) is 10.7. The minimum Gasteiger partial charge on any atom is -0.370 e. The highest BCUT2D eigenvalue weighted by molar-refractivity contribution is 6.02. The molecule has 256 valence electrons. The summed E-state index contributed by atoms with van der Waals surface area (Å²) in [5, 5.41) is 19.4. The van der Waals surface area contributed by atoms with Crippen LogP contribution in [0, 0.1) is 0 Å². The van der Waals surface area contributed by atoms with Gasteiger partial charge in [0.2, 0.25) is 29.5 Å². The number of aliphatic imine (C=N–C) groups is 1. The molecule has 6 atom stereocenters. The van der Waals surface area contributed by atoms with Gasteiger partial charge in [0.25, 0.3) is 5.91 Å². The maximum atomic E-state index is 13.4. The maximum absolute atomic E-state index is 13.4. The lowest BCUT2D eigenvalue weighted by Crippen LogP contribution is -2.63. The van der Waals surface area contributed by atoms with Gasteiger partial charge in [-0.25, -0.2) is 4.79 Å². The molecule has 1 fully saturated rings. The van der Waals surface area contributed by atoms with Gasteiger partial charge in [-0.1, -0.05) is 0 Å². The van der Waals surface area contributed by atoms with Crippen LogP contribution in [0.3, 0.4) is 0 Å². The zero-order chi connectivity index (χ0) is 34.4. The monoisotopic (exact) mass is 652 g/mol. The fourth-order valence-corrected chi connectivity index (χ4v) is 4.28. The van der Waals surface area contributed by atoms with Crippen LogP contribution < -0.4 is 71.2 Å². The number of nitrogens with zero attached hydrogens (tertiary/aromatic N) is 1. The zero-order valence-corrected chi connectivity index (χ0v) is 25.4. The van der Waals surface area contributed by atoms with Gasteiger partial charge >= 0.3 is 6.03 Å². The van der Waals surface area contributed by atoms with Crippen LogP contribution in [-0.4, -0.2) is 110 Å². The van der Waals surface area contributed by atoms with Crippen LogP contribution in [0.2, 0.25) is 0 Å². The number of nitrogens with two attached hydrogens (primary N) is 5. The molecule has 2 rings (SSSR count). The van der Waals surface area contributed by atoms with Gasteiger partial charge in [-0.3, -0.25) is 33.8 Å². The number of hydrogen-bond acceptors (Lipinski definition) is 13. The van der Waals surface area contributed by atoms with Gasteiger partial charge < -0.3 is 71.2 Å². The maximum Gasteiger partial charge on any atom is 0.316 e. The Bertz CT molecular complexity index is 1230. The van der Waals surface area contributed by atoms with E-state index in [1.54, 1.807) is 0 Å². The average Bonchev–Trinajstić information content (AvgIpc) is 3.00. The minimum atomic E-state index is -1.52. The van der Waals surface area contributed by atoms with E-state index in [0.717, 1.165) is 6.20 Å². The second kappa shape index (κ2) is 18.1. The average molecular weight is 653 g/mol. The smallest absolute Gasteiger partial charge is 0.316 e. The largest absolute Gasteiger partial charge is 0.370 e. The molecule has 2 heterocycles. The molecule has 21 heteroatoms. The van der Waals surface area contributed by atoms with Crippen molar-refractivity contribution in [1.29, 1.82) is 0 Å². The van der Waals surface area contributed by atoms with Crippen LogP contribution in [0.5, 0.6) is 0 Å². The standard InChI is InChI=1S/C25H44N14O7/c1-11-19(41)36-15(9-32-17(40)7-12(27)3-2-5-26)21(43)37-16(10-34-25(30)46)22(44)39-18(14-4-6-31-24(29)38-14)23(45)33-8-13(28)20(42)35-11/h10-15,18H,2-9,26-28H2,1H3,(H,32,40)(H,33,45)(H,35,42)(H,36,41)(H,37,43)(H,39,44)(H3,29,31,38)(H3,30,34,46)/t11-,12?,13-,14?,15-,18-/m0/s1. The number of guanidine groups is 1. The summed E-state index contributed by atoms with van der Waals surface area (Å²) in [5.74, 6) is -5.04. The van der Waals surface area contributed by atoms with E-state index in [1.165, 1.54) is 6.92 Å². The molecule has 0 saturated carbocycles. The molecule has 2 unspecified atom stereocenters. The molecule has 2 aliphatic heterocycles. The summed E-state index contributed by atoms with van der Waals surface area (Å²) in [6.07, 6.45) is 2.01. The van der Waals surface area contributed by atoms with Crippen LogP contribution in [0.15, 0.2) is 16.9 Å². The van der Waals surface area contributed by atoms with E-state index in [-0.39, 0.29) is 31.9 Å². The van der Waals surface area contributed by atoms with Gasteiger partial charge in [0.15, 0.2) is 5.96 Å². The van der Waals surface area contributed by atoms with E-state index >= 15 is 0 Å². The van der Waals surface area contributed by atoms with E-state index in [0.29, 0.717) is 19.4 Å². The van der Waals surface area contributed by atoms with Crippen LogP contribution in [0.25, 0.3) is 0 Å². The summed E-state index contributed by atoms with van der Waals surface area (Å²) < 4.78 is 0. The highest BCUT2D eigenvalue weighted by Crippen LogP contribution is 2.07. The van der Waals surface area contributed by atoms with E-state index in [1.807, 2.05) is 0 Å². The SMILES string of the molecule is C[C@@H]1NC(=O)[C@@H](N)CNC(=O)[C@H](C2CCN=C(N)N2)NC(=O)C(=CNC(N)=O)NC(=O)[C@H](CNC(=O)CC(N)CCCN)NC1=O. The molecule has 0 bridgehead atoms. The summed E-state index contributed by atoms with van der Waals surface area (Å²) in [7, 11) is 0. The molecular formula is C25H44N14O7. The Balaban J connectivity index is 2.42. The number of carbonyl (C=O) groups excluding carboxylic acids is 7. The lowest BCUT2D eigenvalue weighted by molar-refractivity contribution is -0.133. The first kappa shape index (κ1) is 37.2. The number of rotatable bonds is 9. The summed E-state index contributed by atoms with van der Waals surface area (Å²) in [4.78, 5) is 93.7. The quantitative estimate of drug-likeness (QED) is 0.103. The van der Waals surface area contributed by atoms with Gasteiger partial charge in [-0.2, -0.15) is 0 Å².